The summed E-state index contributed by atoms with van der Waals surface area (Å²) in [5.41, 5.74) is -3.08. The SMILES string of the molecule is CC(C)(O)[C@@H]1CC[C@@](C)([C@@]2(O)CC[C@@]3(C)[C@@H]2[C@H](O)C[C@@H]2[C@@]4(C)CC[C@H](O)C(C)(C)C4CC[C@]23C)O1. The van der Waals surface area contributed by atoms with Crippen LogP contribution in [0, 0.1) is 39.4 Å². The molecule has 4 N–H and O–H groups in total. The summed E-state index contributed by atoms with van der Waals surface area (Å²) in [6.45, 7) is 17.3. The molecule has 5 rings (SSSR count). The van der Waals surface area contributed by atoms with Gasteiger partial charge in [0.2, 0.25) is 0 Å². The van der Waals surface area contributed by atoms with Gasteiger partial charge in [0.15, 0.2) is 0 Å². The average molecular weight is 493 g/mol. The van der Waals surface area contributed by atoms with Gasteiger partial charge in [0.1, 0.15) is 0 Å². The second-order valence-electron chi connectivity index (χ2n) is 15.6. The Morgan fingerprint density at radius 1 is 0.771 bits per heavy atom. The van der Waals surface area contributed by atoms with E-state index in [4.69, 9.17) is 4.74 Å². The van der Waals surface area contributed by atoms with Crippen LogP contribution < -0.4 is 0 Å². The van der Waals surface area contributed by atoms with E-state index >= 15 is 0 Å². The Bertz CT molecular complexity index is 865. The van der Waals surface area contributed by atoms with Crippen LogP contribution in [0.4, 0.5) is 0 Å². The highest BCUT2D eigenvalue weighted by molar-refractivity contribution is 5.25. The molecule has 1 unspecified atom stereocenters. The third-order valence-corrected chi connectivity index (χ3v) is 13.4. The first-order chi connectivity index (χ1) is 15.9. The normalized spacial score (nSPS) is 57.9. The summed E-state index contributed by atoms with van der Waals surface area (Å²) in [6.07, 6.45) is 6.50. The van der Waals surface area contributed by atoms with Gasteiger partial charge >= 0.3 is 0 Å². The van der Waals surface area contributed by atoms with Crippen molar-refractivity contribution in [3.63, 3.8) is 0 Å². The molecule has 0 radical (unpaired) electrons. The van der Waals surface area contributed by atoms with E-state index < -0.39 is 22.9 Å². The van der Waals surface area contributed by atoms with E-state index in [0.717, 1.165) is 38.5 Å². The Balaban J connectivity index is 1.52. The summed E-state index contributed by atoms with van der Waals surface area (Å²) in [5, 5.41) is 45.9. The third kappa shape index (κ3) is 3.17. The molecule has 0 amide bonds. The Hall–Kier alpha value is -0.200. The zero-order valence-corrected chi connectivity index (χ0v) is 23.5. The summed E-state index contributed by atoms with van der Waals surface area (Å²) in [4.78, 5) is 0. The highest BCUT2D eigenvalue weighted by atomic mass is 16.5. The maximum Gasteiger partial charge on any atom is 0.0991 e. The number of aliphatic hydroxyl groups excluding tert-OH is 2. The number of ether oxygens (including phenoxy) is 1. The number of hydrogen-bond donors (Lipinski definition) is 4. The molecule has 0 spiro atoms. The Kier molecular flexibility index (Phi) is 5.63. The predicted octanol–water partition coefficient (Wildman–Crippen LogP) is 4.83. The molecule has 4 saturated carbocycles. The van der Waals surface area contributed by atoms with E-state index in [1.54, 1.807) is 13.8 Å². The van der Waals surface area contributed by atoms with Crippen molar-refractivity contribution in [2.45, 2.75) is 148 Å². The number of rotatable bonds is 2. The average Bonchev–Trinajstić information content (AvgIpc) is 3.29. The van der Waals surface area contributed by atoms with Gasteiger partial charge in [-0.15, -0.1) is 0 Å². The minimum Gasteiger partial charge on any atom is -0.393 e. The van der Waals surface area contributed by atoms with Crippen molar-refractivity contribution in [1.29, 1.82) is 0 Å². The summed E-state index contributed by atoms with van der Waals surface area (Å²) >= 11 is 0. The first-order valence-corrected chi connectivity index (χ1v) is 14.4. The number of fused-ring (bicyclic) bond motifs is 5. The van der Waals surface area contributed by atoms with Crippen LogP contribution in [0.3, 0.4) is 0 Å². The molecule has 0 aromatic rings. The van der Waals surface area contributed by atoms with Crippen molar-refractivity contribution in [1.82, 2.24) is 0 Å². The van der Waals surface area contributed by atoms with E-state index in [1.807, 2.05) is 6.92 Å². The van der Waals surface area contributed by atoms with Gasteiger partial charge < -0.3 is 25.2 Å². The van der Waals surface area contributed by atoms with E-state index in [0.29, 0.717) is 31.1 Å². The van der Waals surface area contributed by atoms with Crippen LogP contribution in [0.5, 0.6) is 0 Å². The van der Waals surface area contributed by atoms with Gasteiger partial charge in [0.05, 0.1) is 35.1 Å². The summed E-state index contributed by atoms with van der Waals surface area (Å²) in [7, 11) is 0. The Labute approximate surface area is 213 Å². The maximum absolute atomic E-state index is 12.5. The molecule has 5 heteroatoms. The van der Waals surface area contributed by atoms with Gasteiger partial charge in [-0.05, 0) is 112 Å². The zero-order valence-electron chi connectivity index (χ0n) is 23.5. The lowest BCUT2D eigenvalue weighted by molar-refractivity contribution is -0.277. The van der Waals surface area contributed by atoms with Crippen molar-refractivity contribution in [3.05, 3.63) is 0 Å². The van der Waals surface area contributed by atoms with E-state index in [9.17, 15) is 20.4 Å². The number of hydrogen-bond acceptors (Lipinski definition) is 5. The van der Waals surface area contributed by atoms with Crippen LogP contribution in [0.2, 0.25) is 0 Å². The van der Waals surface area contributed by atoms with Gasteiger partial charge in [-0.25, -0.2) is 0 Å². The molecule has 202 valence electrons. The van der Waals surface area contributed by atoms with Gasteiger partial charge in [-0.3, -0.25) is 0 Å². The first kappa shape index (κ1) is 26.4. The molecule has 1 heterocycles. The predicted molar refractivity (Wildman–Crippen MR) is 137 cm³/mol. The summed E-state index contributed by atoms with van der Waals surface area (Å²) in [6, 6.07) is 0. The molecule has 35 heavy (non-hydrogen) atoms. The molecule has 0 bridgehead atoms. The van der Waals surface area contributed by atoms with Crippen molar-refractivity contribution < 1.29 is 25.2 Å². The van der Waals surface area contributed by atoms with Crippen molar-refractivity contribution >= 4 is 0 Å². The highest BCUT2D eigenvalue weighted by Crippen LogP contribution is 2.76. The van der Waals surface area contributed by atoms with E-state index in [2.05, 4.69) is 34.6 Å². The smallest absolute Gasteiger partial charge is 0.0991 e. The van der Waals surface area contributed by atoms with Crippen LogP contribution in [0.15, 0.2) is 0 Å². The highest BCUT2D eigenvalue weighted by Gasteiger charge is 2.75. The van der Waals surface area contributed by atoms with Crippen LogP contribution in [0.25, 0.3) is 0 Å². The molecule has 1 saturated heterocycles. The van der Waals surface area contributed by atoms with E-state index in [-0.39, 0.29) is 39.8 Å². The molecular formula is C30H52O5. The monoisotopic (exact) mass is 492 g/mol. The standard InChI is InChI=1S/C30H52O5/c1-24(2)19-9-13-27(6)20(26(19,5)12-10-21(24)32)17-18(31)23-28(27,7)15-16-30(23,34)29(8)14-11-22(35-29)25(3,4)33/h18-23,31-34H,9-17H2,1-8H3/t18-,19?,20-,21+,22+,23+,26+,27-,28+,29+,30-/m1/s1. The largest absolute Gasteiger partial charge is 0.393 e. The fourth-order valence-electron chi connectivity index (χ4n) is 11.1. The second kappa shape index (κ2) is 7.46. The zero-order chi connectivity index (χ0) is 26.0. The third-order valence-electron chi connectivity index (χ3n) is 13.4. The van der Waals surface area contributed by atoms with Crippen LogP contribution in [-0.2, 0) is 4.74 Å². The molecular weight excluding hydrogens is 440 g/mol. The quantitative estimate of drug-likeness (QED) is 0.443. The lowest BCUT2D eigenvalue weighted by atomic mass is 9.35. The Morgan fingerprint density at radius 2 is 1.43 bits per heavy atom. The van der Waals surface area contributed by atoms with Crippen LogP contribution >= 0.6 is 0 Å². The number of aliphatic hydroxyl groups is 4. The fraction of sp³-hybridized carbons (Fsp3) is 1.00. The lowest BCUT2D eigenvalue weighted by Crippen LogP contribution is -2.69. The van der Waals surface area contributed by atoms with Gasteiger partial charge in [0, 0.05) is 5.92 Å². The molecule has 4 aliphatic carbocycles. The first-order valence-electron chi connectivity index (χ1n) is 14.4. The van der Waals surface area contributed by atoms with Crippen LogP contribution in [-0.4, -0.2) is 55.5 Å². The minimum atomic E-state index is -1.12. The molecule has 5 nitrogen and oxygen atoms in total. The topological polar surface area (TPSA) is 90.2 Å². The van der Waals surface area contributed by atoms with E-state index in [1.165, 1.54) is 0 Å². The van der Waals surface area contributed by atoms with Gasteiger partial charge in [-0.2, -0.15) is 0 Å². The summed E-state index contributed by atoms with van der Waals surface area (Å²) in [5.74, 6) is 0.553. The molecule has 0 aromatic carbocycles. The van der Waals surface area contributed by atoms with Crippen molar-refractivity contribution in [3.8, 4) is 0 Å². The summed E-state index contributed by atoms with van der Waals surface area (Å²) < 4.78 is 6.52. The maximum atomic E-state index is 12.5. The molecule has 5 aliphatic rings. The molecule has 11 atom stereocenters. The Morgan fingerprint density at radius 3 is 2.03 bits per heavy atom. The van der Waals surface area contributed by atoms with Gasteiger partial charge in [0.25, 0.3) is 0 Å². The van der Waals surface area contributed by atoms with Crippen molar-refractivity contribution in [2.24, 2.45) is 39.4 Å². The van der Waals surface area contributed by atoms with Gasteiger partial charge in [-0.1, -0.05) is 34.6 Å². The molecule has 1 aliphatic heterocycles. The van der Waals surface area contributed by atoms with Crippen LogP contribution in [0.1, 0.15) is 113 Å². The molecule has 0 aromatic heterocycles. The second-order valence-corrected chi connectivity index (χ2v) is 15.6. The fourth-order valence-corrected chi connectivity index (χ4v) is 11.1. The molecule has 5 fully saturated rings. The minimum absolute atomic E-state index is 0.00954. The lowest BCUT2D eigenvalue weighted by Gasteiger charge is -2.71. The van der Waals surface area contributed by atoms with Crippen molar-refractivity contribution in [2.75, 3.05) is 0 Å².